The zero-order valence-corrected chi connectivity index (χ0v) is 12.1. The normalized spacial score (nSPS) is 18.0. The summed E-state index contributed by atoms with van der Waals surface area (Å²) < 4.78 is 0. The van der Waals surface area contributed by atoms with Gasteiger partial charge in [-0.15, -0.1) is 0 Å². The summed E-state index contributed by atoms with van der Waals surface area (Å²) in [6.45, 7) is 3.34. The van der Waals surface area contributed by atoms with Crippen LogP contribution in [0.2, 0.25) is 5.02 Å². The predicted molar refractivity (Wildman–Crippen MR) is 77.5 cm³/mol. The minimum Gasteiger partial charge on any atom is -0.478 e. The Morgan fingerprint density at radius 3 is 2.43 bits per heavy atom. The average molecular weight is 309 g/mol. The molecule has 0 aliphatic carbocycles. The molecule has 1 aliphatic heterocycles. The molecule has 1 heterocycles. The number of carbonyl (C=O) groups is 2. The molecule has 1 unspecified atom stereocenters. The molecular weight excluding hydrogens is 296 g/mol. The van der Waals surface area contributed by atoms with Crippen LogP contribution in [0.3, 0.4) is 0 Å². The molecule has 0 spiro atoms. The van der Waals surface area contributed by atoms with Crippen molar-refractivity contribution in [3.8, 4) is 0 Å². The molecule has 7 heteroatoms. The summed E-state index contributed by atoms with van der Waals surface area (Å²) >= 11 is 6.06. The molecule has 2 rings (SSSR count). The predicted octanol–water partition coefficient (Wildman–Crippen LogP) is 2.13. The van der Waals surface area contributed by atoms with Crippen LogP contribution in [-0.4, -0.2) is 27.9 Å². The lowest BCUT2D eigenvalue weighted by Gasteiger charge is -2.24. The molecule has 0 fully saturated rings. The summed E-state index contributed by atoms with van der Waals surface area (Å²) in [6, 6.07) is 4.95. The first-order valence-electron chi connectivity index (χ1n) is 6.10. The quantitative estimate of drug-likeness (QED) is 0.794. The van der Waals surface area contributed by atoms with E-state index in [4.69, 9.17) is 11.6 Å². The molecule has 0 saturated heterocycles. The van der Waals surface area contributed by atoms with Crippen molar-refractivity contribution in [2.45, 2.75) is 19.8 Å². The zero-order valence-electron chi connectivity index (χ0n) is 11.3. The van der Waals surface area contributed by atoms with Gasteiger partial charge >= 0.3 is 11.9 Å². The number of rotatable bonds is 3. The molecule has 0 bridgehead atoms. The van der Waals surface area contributed by atoms with Crippen LogP contribution in [0.4, 0.5) is 0 Å². The Kier molecular flexibility index (Phi) is 3.99. The van der Waals surface area contributed by atoms with E-state index in [1.807, 2.05) is 0 Å². The summed E-state index contributed by atoms with van der Waals surface area (Å²) in [4.78, 5) is 22.8. The first-order valence-corrected chi connectivity index (χ1v) is 6.47. The van der Waals surface area contributed by atoms with Gasteiger partial charge in [-0.3, -0.25) is 5.43 Å². The minimum atomic E-state index is -1.28. The number of carboxylic acid groups (broad SMARTS) is 2. The second-order valence-electron chi connectivity index (χ2n) is 4.70. The number of aryl methyl sites for hydroxylation is 1. The summed E-state index contributed by atoms with van der Waals surface area (Å²) in [7, 11) is 0. The van der Waals surface area contributed by atoms with E-state index in [0.717, 1.165) is 5.56 Å². The summed E-state index contributed by atoms with van der Waals surface area (Å²) in [6.07, 6.45) is 0. The second-order valence-corrected chi connectivity index (χ2v) is 5.11. The third-order valence-corrected chi connectivity index (χ3v) is 3.70. The van der Waals surface area contributed by atoms with Gasteiger partial charge < -0.3 is 10.2 Å². The Hall–Kier alpha value is -2.34. The van der Waals surface area contributed by atoms with E-state index in [1.165, 1.54) is 6.92 Å². The van der Waals surface area contributed by atoms with E-state index < -0.39 is 17.9 Å². The first kappa shape index (κ1) is 15.1. The Bertz CT molecular complexity index is 694. The van der Waals surface area contributed by atoms with E-state index in [1.54, 1.807) is 25.1 Å². The first-order chi connectivity index (χ1) is 9.82. The summed E-state index contributed by atoms with van der Waals surface area (Å²) in [5.74, 6) is -3.45. The van der Waals surface area contributed by atoms with Gasteiger partial charge in [-0.2, -0.15) is 5.10 Å². The van der Waals surface area contributed by atoms with Crippen molar-refractivity contribution in [2.75, 3.05) is 0 Å². The van der Waals surface area contributed by atoms with Crippen LogP contribution in [0.5, 0.6) is 0 Å². The van der Waals surface area contributed by atoms with Gasteiger partial charge in [-0.25, -0.2) is 9.59 Å². The van der Waals surface area contributed by atoms with Gasteiger partial charge in [0.25, 0.3) is 0 Å². The van der Waals surface area contributed by atoms with Crippen LogP contribution in [0.25, 0.3) is 0 Å². The highest BCUT2D eigenvalue weighted by molar-refractivity contribution is 6.40. The molecule has 3 N–H and O–H groups in total. The maximum absolute atomic E-state index is 11.5. The van der Waals surface area contributed by atoms with Gasteiger partial charge in [-0.05, 0) is 31.0 Å². The monoisotopic (exact) mass is 308 g/mol. The number of nitrogens with zero attached hydrogens (tertiary/aromatic N) is 1. The third kappa shape index (κ3) is 2.75. The van der Waals surface area contributed by atoms with Crippen LogP contribution in [-0.2, 0) is 9.59 Å². The maximum Gasteiger partial charge on any atom is 0.353 e. The minimum absolute atomic E-state index is 0.0534. The molecule has 0 radical (unpaired) electrons. The van der Waals surface area contributed by atoms with Crippen molar-refractivity contribution < 1.29 is 19.8 Å². The van der Waals surface area contributed by atoms with E-state index >= 15 is 0 Å². The SMILES string of the molecule is CC1=C(C(=O)O)C(c2ccc(C)c(Cl)c2)C(C(=O)O)=NN1. The highest BCUT2D eigenvalue weighted by Gasteiger charge is 2.36. The molecule has 1 aromatic rings. The Labute approximate surface area is 125 Å². The largest absolute Gasteiger partial charge is 0.478 e. The van der Waals surface area contributed by atoms with Crippen molar-refractivity contribution in [1.82, 2.24) is 5.43 Å². The Morgan fingerprint density at radius 1 is 1.24 bits per heavy atom. The van der Waals surface area contributed by atoms with Crippen molar-refractivity contribution in [3.05, 3.63) is 45.6 Å². The molecule has 0 saturated carbocycles. The van der Waals surface area contributed by atoms with Gasteiger partial charge in [0.15, 0.2) is 5.71 Å². The van der Waals surface area contributed by atoms with Gasteiger partial charge in [-0.1, -0.05) is 23.7 Å². The fourth-order valence-electron chi connectivity index (χ4n) is 2.19. The number of carboxylic acids is 2. The molecular formula is C14H13ClN2O4. The van der Waals surface area contributed by atoms with Crippen LogP contribution in [0.1, 0.15) is 24.0 Å². The molecule has 6 nitrogen and oxygen atoms in total. The lowest BCUT2D eigenvalue weighted by molar-refractivity contribution is -0.132. The van der Waals surface area contributed by atoms with Crippen LogP contribution >= 0.6 is 11.6 Å². The lowest BCUT2D eigenvalue weighted by Crippen LogP contribution is -2.34. The van der Waals surface area contributed by atoms with Gasteiger partial charge in [0.05, 0.1) is 11.5 Å². The number of benzene rings is 1. The van der Waals surface area contributed by atoms with Gasteiger partial charge in [0, 0.05) is 10.7 Å². The highest BCUT2D eigenvalue weighted by atomic mass is 35.5. The van der Waals surface area contributed by atoms with E-state index in [2.05, 4.69) is 10.5 Å². The molecule has 21 heavy (non-hydrogen) atoms. The molecule has 0 aromatic heterocycles. The van der Waals surface area contributed by atoms with Crippen LogP contribution in [0, 0.1) is 6.92 Å². The number of hydrogen-bond acceptors (Lipinski definition) is 4. The average Bonchev–Trinajstić information content (AvgIpc) is 2.40. The molecule has 1 aromatic carbocycles. The lowest BCUT2D eigenvalue weighted by atomic mass is 9.84. The van der Waals surface area contributed by atoms with E-state index in [-0.39, 0.29) is 11.3 Å². The molecule has 1 aliphatic rings. The number of hydrazone groups is 1. The zero-order chi connectivity index (χ0) is 15.7. The fraction of sp³-hybridized carbons (Fsp3) is 0.214. The van der Waals surface area contributed by atoms with Crippen LogP contribution in [0.15, 0.2) is 34.6 Å². The maximum atomic E-state index is 11.5. The number of nitrogens with one attached hydrogen (secondary N) is 1. The Morgan fingerprint density at radius 2 is 1.90 bits per heavy atom. The molecule has 1 atom stereocenters. The van der Waals surface area contributed by atoms with Crippen LogP contribution < -0.4 is 5.43 Å². The second kappa shape index (κ2) is 5.57. The number of hydrogen-bond donors (Lipinski definition) is 3. The van der Waals surface area contributed by atoms with Crippen molar-refractivity contribution in [1.29, 1.82) is 0 Å². The smallest absolute Gasteiger partial charge is 0.353 e. The van der Waals surface area contributed by atoms with Crippen molar-refractivity contribution in [3.63, 3.8) is 0 Å². The third-order valence-electron chi connectivity index (χ3n) is 3.29. The van der Waals surface area contributed by atoms with Gasteiger partial charge in [0.1, 0.15) is 0 Å². The number of aliphatic carboxylic acids is 2. The van der Waals surface area contributed by atoms with Crippen molar-refractivity contribution in [2.24, 2.45) is 5.10 Å². The fourth-order valence-corrected chi connectivity index (χ4v) is 2.38. The van der Waals surface area contributed by atoms with E-state index in [0.29, 0.717) is 16.3 Å². The molecule has 0 amide bonds. The topological polar surface area (TPSA) is 99.0 Å². The summed E-state index contributed by atoms with van der Waals surface area (Å²) in [5.41, 5.74) is 3.71. The molecule has 110 valence electrons. The Balaban J connectivity index is 2.63. The van der Waals surface area contributed by atoms with Gasteiger partial charge in [0.2, 0.25) is 0 Å². The van der Waals surface area contributed by atoms with Crippen molar-refractivity contribution >= 4 is 29.3 Å². The highest BCUT2D eigenvalue weighted by Crippen LogP contribution is 2.33. The van der Waals surface area contributed by atoms with E-state index in [9.17, 15) is 19.8 Å². The summed E-state index contributed by atoms with van der Waals surface area (Å²) in [5, 5.41) is 22.8. The standard InChI is InChI=1S/C14H13ClN2O4/c1-6-3-4-8(5-9(6)15)11-10(13(18)19)7(2)16-17-12(11)14(20)21/h3-5,11,16H,1-2H3,(H,18,19)(H,20,21). The number of halogens is 1. The number of allylic oxidation sites excluding steroid dienone is 1.